The van der Waals surface area contributed by atoms with Gasteiger partial charge in [-0.05, 0) is 34.8 Å². The van der Waals surface area contributed by atoms with E-state index in [4.69, 9.17) is 11.6 Å². The fraction of sp³-hybridized carbons (Fsp3) is 0.333. The molecule has 0 saturated carbocycles. The van der Waals surface area contributed by atoms with Crippen LogP contribution in [-0.2, 0) is 12.8 Å². The van der Waals surface area contributed by atoms with Gasteiger partial charge in [-0.2, -0.15) is 5.10 Å². The molecule has 0 saturated heterocycles. The van der Waals surface area contributed by atoms with E-state index in [-0.39, 0.29) is 10.6 Å². The second kappa shape index (κ2) is 5.88. The lowest BCUT2D eigenvalue weighted by Gasteiger charge is -2.06. The molecule has 8 heteroatoms. The number of aromatic nitrogens is 3. The van der Waals surface area contributed by atoms with Gasteiger partial charge in [-0.1, -0.05) is 25.4 Å². The van der Waals surface area contributed by atoms with E-state index in [1.807, 2.05) is 13.8 Å². The van der Waals surface area contributed by atoms with E-state index in [0.29, 0.717) is 39.5 Å². The van der Waals surface area contributed by atoms with Crippen LogP contribution >= 0.6 is 27.5 Å². The van der Waals surface area contributed by atoms with Gasteiger partial charge in [-0.25, -0.2) is 9.67 Å². The van der Waals surface area contributed by atoms with E-state index >= 15 is 0 Å². The van der Waals surface area contributed by atoms with Crippen molar-refractivity contribution in [2.75, 3.05) is 0 Å². The maximum atomic E-state index is 11.2. The molecule has 2 rings (SSSR count). The van der Waals surface area contributed by atoms with Crippen LogP contribution in [0.15, 0.2) is 16.7 Å². The van der Waals surface area contributed by atoms with Gasteiger partial charge in [0.2, 0.25) is 0 Å². The second-order valence-electron chi connectivity index (χ2n) is 4.08. The van der Waals surface area contributed by atoms with Crippen LogP contribution in [0, 0.1) is 10.1 Å². The van der Waals surface area contributed by atoms with Crippen molar-refractivity contribution >= 4 is 33.2 Å². The molecule has 0 amide bonds. The molecule has 0 fully saturated rings. The van der Waals surface area contributed by atoms with Crippen LogP contribution in [0.2, 0.25) is 5.02 Å². The monoisotopic (exact) mass is 358 g/mol. The van der Waals surface area contributed by atoms with E-state index in [0.717, 1.165) is 0 Å². The molecule has 106 valence electrons. The lowest BCUT2D eigenvalue weighted by molar-refractivity contribution is -0.386. The molecule has 0 unspecified atom stereocenters. The smallest absolute Gasteiger partial charge is 0.258 e. The molecule has 0 aromatic carbocycles. The van der Waals surface area contributed by atoms with Gasteiger partial charge in [-0.3, -0.25) is 10.1 Å². The van der Waals surface area contributed by atoms with Gasteiger partial charge in [0.15, 0.2) is 5.82 Å². The average Bonchev–Trinajstić information content (AvgIpc) is 2.77. The zero-order valence-corrected chi connectivity index (χ0v) is 13.3. The second-order valence-corrected chi connectivity index (χ2v) is 5.37. The first-order valence-electron chi connectivity index (χ1n) is 6.06. The molecule has 0 N–H and O–H groups in total. The molecule has 2 aromatic heterocycles. The lowest BCUT2D eigenvalue weighted by Crippen LogP contribution is -2.05. The third kappa shape index (κ3) is 2.55. The Balaban J connectivity index is 2.71. The summed E-state index contributed by atoms with van der Waals surface area (Å²) in [6.45, 7) is 3.69. The van der Waals surface area contributed by atoms with Crippen LogP contribution in [0.4, 0.5) is 5.69 Å². The minimum atomic E-state index is -0.384. The highest BCUT2D eigenvalue weighted by Gasteiger charge is 2.27. The van der Waals surface area contributed by atoms with Gasteiger partial charge in [-0.15, -0.1) is 0 Å². The molecule has 0 atom stereocenters. The van der Waals surface area contributed by atoms with E-state index < -0.39 is 0 Å². The summed E-state index contributed by atoms with van der Waals surface area (Å²) >= 11 is 9.22. The summed E-state index contributed by atoms with van der Waals surface area (Å²) in [7, 11) is 0. The summed E-state index contributed by atoms with van der Waals surface area (Å²) < 4.78 is 2.15. The van der Waals surface area contributed by atoms with Gasteiger partial charge in [0.05, 0.1) is 14.4 Å². The molecule has 0 radical (unpaired) electrons. The van der Waals surface area contributed by atoms with Crippen molar-refractivity contribution < 1.29 is 4.92 Å². The number of aryl methyl sites for hydroxylation is 1. The Labute approximate surface area is 129 Å². The topological polar surface area (TPSA) is 73.8 Å². The van der Waals surface area contributed by atoms with E-state index in [1.54, 1.807) is 6.07 Å². The molecular weight excluding hydrogens is 348 g/mol. The van der Waals surface area contributed by atoms with E-state index in [9.17, 15) is 10.1 Å². The van der Waals surface area contributed by atoms with Crippen molar-refractivity contribution in [2.24, 2.45) is 0 Å². The first kappa shape index (κ1) is 14.9. The highest BCUT2D eigenvalue weighted by atomic mass is 79.9. The van der Waals surface area contributed by atoms with Gasteiger partial charge in [0, 0.05) is 6.20 Å². The van der Waals surface area contributed by atoms with Gasteiger partial charge >= 0.3 is 5.69 Å². The number of rotatable bonds is 4. The van der Waals surface area contributed by atoms with Crippen LogP contribution in [-0.4, -0.2) is 19.7 Å². The van der Waals surface area contributed by atoms with Crippen LogP contribution in [0.3, 0.4) is 0 Å². The van der Waals surface area contributed by atoms with Crippen LogP contribution in [0.1, 0.15) is 25.2 Å². The minimum Gasteiger partial charge on any atom is -0.258 e. The van der Waals surface area contributed by atoms with E-state index in [1.165, 1.54) is 10.9 Å². The Morgan fingerprint density at radius 2 is 2.15 bits per heavy atom. The molecule has 0 spiro atoms. The van der Waals surface area contributed by atoms with Crippen molar-refractivity contribution in [1.29, 1.82) is 0 Å². The highest BCUT2D eigenvalue weighted by Crippen LogP contribution is 2.30. The molecule has 2 aromatic rings. The van der Waals surface area contributed by atoms with Crippen LogP contribution in [0.25, 0.3) is 5.82 Å². The number of nitrogens with zero attached hydrogens (tertiary/aromatic N) is 4. The molecule has 0 bridgehead atoms. The van der Waals surface area contributed by atoms with Crippen molar-refractivity contribution in [3.8, 4) is 5.82 Å². The standard InChI is InChI=1S/C12H12BrClN4O2/c1-3-9-11(18(19)20)10(4-2)17(16-9)12-8(13)5-7(14)6-15-12/h5-6H,3-4H2,1-2H3. The normalized spacial score (nSPS) is 10.8. The molecular formula is C12H12BrClN4O2. The van der Waals surface area contributed by atoms with Crippen molar-refractivity contribution in [3.05, 3.63) is 43.3 Å². The van der Waals surface area contributed by atoms with Crippen molar-refractivity contribution in [2.45, 2.75) is 26.7 Å². The van der Waals surface area contributed by atoms with Crippen molar-refractivity contribution in [1.82, 2.24) is 14.8 Å². The Morgan fingerprint density at radius 1 is 1.45 bits per heavy atom. The van der Waals surface area contributed by atoms with Gasteiger partial charge in [0.1, 0.15) is 11.4 Å². The summed E-state index contributed by atoms with van der Waals surface area (Å²) in [6, 6.07) is 1.68. The fourth-order valence-electron chi connectivity index (χ4n) is 2.00. The SMILES string of the molecule is CCc1nn(-c2ncc(Cl)cc2Br)c(CC)c1[N+](=O)[O-]. The Bertz CT molecular complexity index is 672. The van der Waals surface area contributed by atoms with Gasteiger partial charge in [0.25, 0.3) is 0 Å². The molecule has 20 heavy (non-hydrogen) atoms. The number of hydrogen-bond acceptors (Lipinski definition) is 4. The molecule has 2 heterocycles. The van der Waals surface area contributed by atoms with Crippen LogP contribution < -0.4 is 0 Å². The number of pyridine rings is 1. The first-order chi connectivity index (χ1) is 9.49. The number of nitro groups is 1. The molecule has 6 nitrogen and oxygen atoms in total. The van der Waals surface area contributed by atoms with Crippen molar-refractivity contribution in [3.63, 3.8) is 0 Å². The van der Waals surface area contributed by atoms with Crippen LogP contribution in [0.5, 0.6) is 0 Å². The summed E-state index contributed by atoms with van der Waals surface area (Å²) in [5.74, 6) is 0.494. The highest BCUT2D eigenvalue weighted by molar-refractivity contribution is 9.10. The largest absolute Gasteiger partial charge is 0.313 e. The average molecular weight is 360 g/mol. The molecule has 0 aliphatic carbocycles. The summed E-state index contributed by atoms with van der Waals surface area (Å²) in [4.78, 5) is 15.1. The number of hydrogen-bond donors (Lipinski definition) is 0. The van der Waals surface area contributed by atoms with E-state index in [2.05, 4.69) is 26.0 Å². The summed E-state index contributed by atoms with van der Waals surface area (Å²) in [6.07, 6.45) is 2.46. The third-order valence-corrected chi connectivity index (χ3v) is 3.65. The molecule has 0 aliphatic rings. The Morgan fingerprint density at radius 3 is 2.65 bits per heavy atom. The predicted molar refractivity (Wildman–Crippen MR) is 79.5 cm³/mol. The first-order valence-corrected chi connectivity index (χ1v) is 7.23. The third-order valence-electron chi connectivity index (χ3n) is 2.86. The Kier molecular flexibility index (Phi) is 4.39. The maximum Gasteiger partial charge on any atom is 0.313 e. The quantitative estimate of drug-likeness (QED) is 0.616. The predicted octanol–water partition coefficient (Wildman–Crippen LogP) is 3.72. The summed E-state index contributed by atoms with van der Waals surface area (Å²) in [5.41, 5.74) is 1.05. The zero-order chi connectivity index (χ0) is 14.9. The zero-order valence-electron chi connectivity index (χ0n) is 10.9. The molecule has 0 aliphatic heterocycles. The maximum absolute atomic E-state index is 11.2. The minimum absolute atomic E-state index is 0.0682. The fourth-order valence-corrected chi connectivity index (χ4v) is 2.81. The van der Waals surface area contributed by atoms with Gasteiger partial charge < -0.3 is 0 Å². The number of halogens is 2. The Hall–Kier alpha value is -1.47. The lowest BCUT2D eigenvalue weighted by atomic mass is 10.2. The summed E-state index contributed by atoms with van der Waals surface area (Å²) in [5, 5.41) is 16.0.